The van der Waals surface area contributed by atoms with Crippen molar-refractivity contribution in [1.29, 1.82) is 0 Å². The Labute approximate surface area is 156 Å². The SMILES string of the molecule is CN=C(NCc1ccc(F)c(CN(C)C)c1)NCC(C)c1ccccc1. The average molecular weight is 356 g/mol. The number of nitrogens with one attached hydrogen (secondary N) is 2. The number of hydrogen-bond donors (Lipinski definition) is 2. The second-order valence-corrected chi connectivity index (χ2v) is 6.78. The zero-order chi connectivity index (χ0) is 18.9. The first-order valence-corrected chi connectivity index (χ1v) is 8.91. The fourth-order valence-corrected chi connectivity index (χ4v) is 2.76. The zero-order valence-electron chi connectivity index (χ0n) is 16.1. The number of halogens is 1. The van der Waals surface area contributed by atoms with Gasteiger partial charge >= 0.3 is 0 Å². The van der Waals surface area contributed by atoms with E-state index in [1.54, 1.807) is 13.1 Å². The van der Waals surface area contributed by atoms with E-state index in [4.69, 9.17) is 0 Å². The Morgan fingerprint density at radius 1 is 1.12 bits per heavy atom. The molecule has 0 fully saturated rings. The second-order valence-electron chi connectivity index (χ2n) is 6.78. The maximum absolute atomic E-state index is 13.9. The fourth-order valence-electron chi connectivity index (χ4n) is 2.76. The van der Waals surface area contributed by atoms with Gasteiger partial charge in [-0.15, -0.1) is 0 Å². The van der Waals surface area contributed by atoms with Gasteiger partial charge in [-0.05, 0) is 43.3 Å². The molecule has 4 nitrogen and oxygen atoms in total. The molecule has 2 aromatic rings. The van der Waals surface area contributed by atoms with Crippen LogP contribution in [0.25, 0.3) is 0 Å². The zero-order valence-corrected chi connectivity index (χ0v) is 16.1. The molecule has 0 saturated carbocycles. The van der Waals surface area contributed by atoms with Crippen LogP contribution in [0.3, 0.4) is 0 Å². The number of nitrogens with zero attached hydrogens (tertiary/aromatic N) is 2. The minimum absolute atomic E-state index is 0.165. The van der Waals surface area contributed by atoms with Gasteiger partial charge in [0, 0.05) is 32.2 Å². The number of benzene rings is 2. The third-order valence-electron chi connectivity index (χ3n) is 4.22. The molecule has 0 aliphatic heterocycles. The quantitative estimate of drug-likeness (QED) is 0.590. The predicted molar refractivity (Wildman–Crippen MR) is 107 cm³/mol. The maximum atomic E-state index is 13.9. The van der Waals surface area contributed by atoms with Crippen LogP contribution in [0.15, 0.2) is 53.5 Å². The highest BCUT2D eigenvalue weighted by Crippen LogP contribution is 2.13. The van der Waals surface area contributed by atoms with E-state index in [2.05, 4.69) is 46.8 Å². The molecule has 0 amide bonds. The highest BCUT2D eigenvalue weighted by Gasteiger charge is 2.08. The summed E-state index contributed by atoms with van der Waals surface area (Å²) >= 11 is 0. The lowest BCUT2D eigenvalue weighted by Crippen LogP contribution is -2.38. The van der Waals surface area contributed by atoms with Crippen LogP contribution in [0.5, 0.6) is 0 Å². The van der Waals surface area contributed by atoms with Crippen molar-refractivity contribution in [2.24, 2.45) is 4.99 Å². The molecule has 140 valence electrons. The van der Waals surface area contributed by atoms with Crippen molar-refractivity contribution in [3.63, 3.8) is 0 Å². The van der Waals surface area contributed by atoms with Gasteiger partial charge in [-0.1, -0.05) is 43.3 Å². The highest BCUT2D eigenvalue weighted by molar-refractivity contribution is 5.79. The van der Waals surface area contributed by atoms with Crippen molar-refractivity contribution in [1.82, 2.24) is 15.5 Å². The first-order valence-electron chi connectivity index (χ1n) is 8.91. The topological polar surface area (TPSA) is 39.7 Å². The van der Waals surface area contributed by atoms with Crippen molar-refractivity contribution < 1.29 is 4.39 Å². The van der Waals surface area contributed by atoms with Crippen LogP contribution in [0.2, 0.25) is 0 Å². The van der Waals surface area contributed by atoms with Crippen LogP contribution < -0.4 is 10.6 Å². The summed E-state index contributed by atoms with van der Waals surface area (Å²) < 4.78 is 13.9. The third kappa shape index (κ3) is 6.15. The number of hydrogen-bond acceptors (Lipinski definition) is 2. The minimum atomic E-state index is -0.165. The van der Waals surface area contributed by atoms with Crippen LogP contribution in [-0.2, 0) is 13.1 Å². The molecular formula is C21H29FN4. The molecular weight excluding hydrogens is 327 g/mol. The number of guanidine groups is 1. The number of rotatable bonds is 7. The third-order valence-corrected chi connectivity index (χ3v) is 4.22. The van der Waals surface area contributed by atoms with Crippen LogP contribution in [0.4, 0.5) is 4.39 Å². The van der Waals surface area contributed by atoms with Crippen molar-refractivity contribution in [2.45, 2.75) is 25.9 Å². The standard InChI is InChI=1S/C21H29FN4/c1-16(18-8-6-5-7-9-18)13-24-21(23-2)25-14-17-10-11-20(22)19(12-17)15-26(3)4/h5-12,16H,13-15H2,1-4H3,(H2,23,24,25). The van der Waals surface area contributed by atoms with E-state index in [0.717, 1.165) is 18.1 Å². The van der Waals surface area contributed by atoms with E-state index < -0.39 is 0 Å². The van der Waals surface area contributed by atoms with Crippen LogP contribution in [0.1, 0.15) is 29.5 Å². The van der Waals surface area contributed by atoms with Gasteiger partial charge in [0.1, 0.15) is 5.82 Å². The molecule has 0 aliphatic carbocycles. The van der Waals surface area contributed by atoms with Crippen LogP contribution in [0, 0.1) is 5.82 Å². The van der Waals surface area contributed by atoms with Crippen molar-refractivity contribution in [3.05, 3.63) is 71.0 Å². The molecule has 2 N–H and O–H groups in total. The Morgan fingerprint density at radius 2 is 1.85 bits per heavy atom. The summed E-state index contributed by atoms with van der Waals surface area (Å²) in [6.07, 6.45) is 0. The Morgan fingerprint density at radius 3 is 2.50 bits per heavy atom. The molecule has 0 aromatic heterocycles. The van der Waals surface area contributed by atoms with E-state index in [-0.39, 0.29) is 5.82 Å². The normalized spacial score (nSPS) is 12.9. The maximum Gasteiger partial charge on any atom is 0.191 e. The first-order chi connectivity index (χ1) is 12.5. The van der Waals surface area contributed by atoms with E-state index in [9.17, 15) is 4.39 Å². The Hall–Kier alpha value is -2.40. The van der Waals surface area contributed by atoms with Crippen LogP contribution >= 0.6 is 0 Å². The van der Waals surface area contributed by atoms with Gasteiger partial charge in [0.2, 0.25) is 0 Å². The lowest BCUT2D eigenvalue weighted by molar-refractivity contribution is 0.392. The molecule has 5 heteroatoms. The summed E-state index contributed by atoms with van der Waals surface area (Å²) in [6, 6.07) is 15.6. The summed E-state index contributed by atoms with van der Waals surface area (Å²) in [6.45, 7) is 4.16. The summed E-state index contributed by atoms with van der Waals surface area (Å²) in [5.74, 6) is 0.958. The largest absolute Gasteiger partial charge is 0.356 e. The first kappa shape index (κ1) is 19.9. The molecule has 2 aromatic carbocycles. The molecule has 26 heavy (non-hydrogen) atoms. The lowest BCUT2D eigenvalue weighted by atomic mass is 10.0. The van der Waals surface area contributed by atoms with E-state index >= 15 is 0 Å². The van der Waals surface area contributed by atoms with Crippen LogP contribution in [-0.4, -0.2) is 38.5 Å². The summed E-state index contributed by atoms with van der Waals surface area (Å²) in [4.78, 5) is 6.23. The Bertz CT molecular complexity index is 713. The molecule has 0 bridgehead atoms. The van der Waals surface area contributed by atoms with Gasteiger partial charge in [-0.2, -0.15) is 0 Å². The van der Waals surface area contributed by atoms with Gasteiger partial charge in [0.05, 0.1) is 0 Å². The van der Waals surface area contributed by atoms with E-state index in [0.29, 0.717) is 24.6 Å². The molecule has 0 spiro atoms. The monoisotopic (exact) mass is 356 g/mol. The predicted octanol–water partition coefficient (Wildman–Crippen LogP) is 3.36. The van der Waals surface area contributed by atoms with Gasteiger partial charge < -0.3 is 15.5 Å². The summed E-state index contributed by atoms with van der Waals surface area (Å²) in [5, 5.41) is 6.65. The average Bonchev–Trinajstić information content (AvgIpc) is 2.64. The molecule has 0 heterocycles. The molecule has 0 radical (unpaired) electrons. The highest BCUT2D eigenvalue weighted by atomic mass is 19.1. The van der Waals surface area contributed by atoms with Gasteiger partial charge in [0.25, 0.3) is 0 Å². The molecule has 2 rings (SSSR count). The van der Waals surface area contributed by atoms with Crippen molar-refractivity contribution >= 4 is 5.96 Å². The molecule has 1 atom stereocenters. The molecule has 1 unspecified atom stereocenters. The summed E-state index contributed by atoms with van der Waals surface area (Å²) in [5.41, 5.74) is 3.03. The fraction of sp³-hybridized carbons (Fsp3) is 0.381. The molecule has 0 aliphatic rings. The van der Waals surface area contributed by atoms with Gasteiger partial charge in [-0.25, -0.2) is 4.39 Å². The molecule has 0 saturated heterocycles. The summed E-state index contributed by atoms with van der Waals surface area (Å²) in [7, 11) is 5.62. The smallest absolute Gasteiger partial charge is 0.191 e. The van der Waals surface area contributed by atoms with E-state index in [1.807, 2.05) is 31.1 Å². The lowest BCUT2D eigenvalue weighted by Gasteiger charge is -2.17. The number of aliphatic imine (C=N–C) groups is 1. The van der Waals surface area contributed by atoms with Crippen molar-refractivity contribution in [3.8, 4) is 0 Å². The van der Waals surface area contributed by atoms with Gasteiger partial charge in [0.15, 0.2) is 5.96 Å². The van der Waals surface area contributed by atoms with Crippen molar-refractivity contribution in [2.75, 3.05) is 27.7 Å². The Kier molecular flexibility index (Phi) is 7.60. The van der Waals surface area contributed by atoms with Gasteiger partial charge in [-0.3, -0.25) is 4.99 Å². The van der Waals surface area contributed by atoms with E-state index in [1.165, 1.54) is 11.6 Å². The second kappa shape index (κ2) is 9.92. The Balaban J connectivity index is 1.89. The minimum Gasteiger partial charge on any atom is -0.356 e.